The third-order valence-corrected chi connectivity index (χ3v) is 11.2. The van der Waals surface area contributed by atoms with Gasteiger partial charge in [0.15, 0.2) is 0 Å². The predicted molar refractivity (Wildman–Crippen MR) is 76.8 cm³/mol. The molecule has 0 aromatic carbocycles. The molecule has 1 saturated heterocycles. The summed E-state index contributed by atoms with van der Waals surface area (Å²) in [7, 11) is 0. The molecule has 3 saturated carbocycles. The molecule has 0 amide bonds. The average molecular weight is 373 g/mol. The fourth-order valence-corrected chi connectivity index (χ4v) is 10.8. The van der Waals surface area contributed by atoms with Crippen molar-refractivity contribution < 1.29 is 21.2 Å². The third kappa shape index (κ3) is 2.12. The summed E-state index contributed by atoms with van der Waals surface area (Å²) in [5.74, 6) is 8.02. The van der Waals surface area contributed by atoms with E-state index in [4.69, 9.17) is 0 Å². The Morgan fingerprint density at radius 1 is 0.737 bits per heavy atom. The van der Waals surface area contributed by atoms with Crippen molar-refractivity contribution in [2.45, 2.75) is 62.7 Å². The first-order valence-corrected chi connectivity index (χ1v) is 11.6. The molecule has 0 N–H and O–H groups in total. The van der Waals surface area contributed by atoms with Crippen LogP contribution in [0.1, 0.15) is 58.8 Å². The summed E-state index contributed by atoms with van der Waals surface area (Å²) in [6.45, 7) is 5.18. The van der Waals surface area contributed by atoms with Gasteiger partial charge in [0, 0.05) is 0 Å². The number of halogens is 1. The van der Waals surface area contributed by atoms with Gasteiger partial charge in [-0.2, -0.15) is 0 Å². The zero-order valence-electron chi connectivity index (χ0n) is 12.7. The van der Waals surface area contributed by atoms with Crippen LogP contribution in [-0.2, 0) is 0 Å². The Hall–Kier alpha value is 0.730. The molecular formula is C18H30I-. The van der Waals surface area contributed by atoms with Crippen LogP contribution >= 0.6 is 0 Å². The molecule has 0 aromatic heterocycles. The molecule has 4 rings (SSSR count). The normalized spacial score (nSPS) is 57.6. The van der Waals surface area contributed by atoms with E-state index < -0.39 is 0 Å². The van der Waals surface area contributed by atoms with Crippen molar-refractivity contribution in [2.24, 2.45) is 41.4 Å². The third-order valence-electron chi connectivity index (χ3n) is 7.38. The summed E-state index contributed by atoms with van der Waals surface area (Å²) < 4.78 is 2.85. The zero-order valence-corrected chi connectivity index (χ0v) is 14.8. The van der Waals surface area contributed by atoms with E-state index in [2.05, 4.69) is 13.8 Å². The summed E-state index contributed by atoms with van der Waals surface area (Å²) in [5.41, 5.74) is 0. The van der Waals surface area contributed by atoms with Crippen LogP contribution in [0.3, 0.4) is 0 Å². The molecule has 4 fully saturated rings. The molecule has 0 spiro atoms. The van der Waals surface area contributed by atoms with Gasteiger partial charge >= 0.3 is 130 Å². The number of hydrogen-bond acceptors (Lipinski definition) is 0. The van der Waals surface area contributed by atoms with Crippen LogP contribution in [0.25, 0.3) is 0 Å². The van der Waals surface area contributed by atoms with Crippen molar-refractivity contribution in [3.05, 3.63) is 0 Å². The number of alkyl halides is 2. The van der Waals surface area contributed by atoms with Crippen LogP contribution in [-0.4, -0.2) is 8.35 Å². The zero-order chi connectivity index (χ0) is 13.0. The van der Waals surface area contributed by atoms with Crippen LogP contribution in [0.2, 0.25) is 0 Å². The second kappa shape index (κ2) is 5.18. The maximum atomic E-state index is 2.59. The molecule has 0 aromatic rings. The first-order valence-electron chi connectivity index (χ1n) is 8.83. The van der Waals surface area contributed by atoms with Gasteiger partial charge in [-0.1, -0.05) is 0 Å². The summed E-state index contributed by atoms with van der Waals surface area (Å²) in [4.78, 5) is 0. The summed E-state index contributed by atoms with van der Waals surface area (Å²) in [5, 5.41) is 0. The van der Waals surface area contributed by atoms with Crippen LogP contribution < -0.4 is 21.2 Å². The Bertz CT molecular complexity index is 339. The minimum absolute atomic E-state index is 0.561. The van der Waals surface area contributed by atoms with Crippen molar-refractivity contribution >= 4 is 0 Å². The number of rotatable bonds is 0. The van der Waals surface area contributed by atoms with Crippen LogP contribution in [0, 0.1) is 41.4 Å². The van der Waals surface area contributed by atoms with Crippen LogP contribution in [0.4, 0.5) is 0 Å². The monoisotopic (exact) mass is 373 g/mol. The van der Waals surface area contributed by atoms with Crippen molar-refractivity contribution in [1.29, 1.82) is 0 Å². The molecule has 19 heavy (non-hydrogen) atoms. The Labute approximate surface area is 129 Å². The average Bonchev–Trinajstić information content (AvgIpc) is 2.80. The Kier molecular flexibility index (Phi) is 3.65. The van der Waals surface area contributed by atoms with E-state index in [1.165, 1.54) is 24.2 Å². The first kappa shape index (κ1) is 13.4. The van der Waals surface area contributed by atoms with Gasteiger partial charge in [0.05, 0.1) is 0 Å². The Morgan fingerprint density at radius 2 is 1.53 bits per heavy atom. The van der Waals surface area contributed by atoms with E-state index in [1.54, 1.807) is 43.0 Å². The second-order valence-electron chi connectivity index (χ2n) is 8.04. The topological polar surface area (TPSA) is 0 Å². The number of fused-ring (bicyclic) bond motifs is 5. The molecule has 0 radical (unpaired) electrons. The molecule has 110 valence electrons. The number of hydrogen-bond donors (Lipinski definition) is 0. The van der Waals surface area contributed by atoms with Gasteiger partial charge in [-0.25, -0.2) is 0 Å². The van der Waals surface area contributed by atoms with E-state index in [0.29, 0.717) is 21.2 Å². The molecule has 0 nitrogen and oxygen atoms in total. The molecule has 8 atom stereocenters. The SMILES string of the molecule is CC1CCCC2CCC3C4C[I-]C(C)C4CCC3C12. The van der Waals surface area contributed by atoms with Gasteiger partial charge in [0.25, 0.3) is 0 Å². The van der Waals surface area contributed by atoms with Crippen molar-refractivity contribution in [1.82, 2.24) is 0 Å². The van der Waals surface area contributed by atoms with Gasteiger partial charge in [0.2, 0.25) is 0 Å². The van der Waals surface area contributed by atoms with Crippen LogP contribution in [0.15, 0.2) is 0 Å². The molecule has 4 aliphatic rings. The van der Waals surface area contributed by atoms with Gasteiger partial charge in [-0.05, 0) is 0 Å². The summed E-state index contributed by atoms with van der Waals surface area (Å²) >= 11 is 0.561. The van der Waals surface area contributed by atoms with E-state index in [9.17, 15) is 0 Å². The van der Waals surface area contributed by atoms with E-state index in [0.717, 1.165) is 27.6 Å². The van der Waals surface area contributed by atoms with Crippen molar-refractivity contribution in [3.8, 4) is 0 Å². The first-order chi connectivity index (χ1) is 9.25. The van der Waals surface area contributed by atoms with Crippen molar-refractivity contribution in [2.75, 3.05) is 4.43 Å². The molecule has 1 heterocycles. The molecule has 1 aliphatic heterocycles. The molecular weight excluding hydrogens is 343 g/mol. The fraction of sp³-hybridized carbons (Fsp3) is 1.00. The molecule has 1 heteroatoms. The van der Waals surface area contributed by atoms with Gasteiger partial charge < -0.3 is 0 Å². The fourth-order valence-electron chi connectivity index (χ4n) is 6.58. The van der Waals surface area contributed by atoms with Crippen molar-refractivity contribution in [3.63, 3.8) is 0 Å². The van der Waals surface area contributed by atoms with E-state index in [1.807, 2.05) is 0 Å². The quantitative estimate of drug-likeness (QED) is 0.447. The van der Waals surface area contributed by atoms with Gasteiger partial charge in [-0.15, -0.1) is 0 Å². The van der Waals surface area contributed by atoms with Crippen LogP contribution in [0.5, 0.6) is 0 Å². The molecule has 8 unspecified atom stereocenters. The maximum absolute atomic E-state index is 2.59. The predicted octanol–water partition coefficient (Wildman–Crippen LogP) is 1.58. The van der Waals surface area contributed by atoms with E-state index >= 15 is 0 Å². The minimum atomic E-state index is 0.561. The standard InChI is InChI=1S/C18H30I/c1-11-4-3-5-13-6-7-15-16(18(11)13)9-8-14-12(2)19-10-17(14)15/h11-18H,3-10H2,1-2H3/q-1. The Balaban J connectivity index is 1.58. The van der Waals surface area contributed by atoms with Gasteiger partial charge in [-0.3, -0.25) is 0 Å². The second-order valence-corrected chi connectivity index (χ2v) is 11.8. The van der Waals surface area contributed by atoms with Gasteiger partial charge in [0.1, 0.15) is 0 Å². The molecule has 3 aliphatic carbocycles. The summed E-state index contributed by atoms with van der Waals surface area (Å²) in [6.07, 6.45) is 11.1. The summed E-state index contributed by atoms with van der Waals surface area (Å²) in [6, 6.07) is 0. The van der Waals surface area contributed by atoms with E-state index in [-0.39, 0.29) is 0 Å². The molecule has 0 bridgehead atoms. The Morgan fingerprint density at radius 3 is 2.42 bits per heavy atom.